The van der Waals surface area contributed by atoms with E-state index in [1.165, 1.54) is 18.3 Å². The first-order chi connectivity index (χ1) is 9.49. The maximum absolute atomic E-state index is 11.9. The summed E-state index contributed by atoms with van der Waals surface area (Å²) in [5.74, 6) is -1.85. The smallest absolute Gasteiger partial charge is 0.254 e. The normalized spacial score (nSPS) is 11.8. The average molecular weight is 289 g/mol. The molecule has 0 spiro atoms. The molecule has 0 saturated carbocycles. The molecule has 0 saturated heterocycles. The Bertz CT molecular complexity index is 637. The van der Waals surface area contributed by atoms with Gasteiger partial charge in [0.15, 0.2) is 0 Å². The van der Waals surface area contributed by atoms with Crippen LogP contribution in [0.4, 0.5) is 5.00 Å². The number of hydrogen-bond donors (Lipinski definition) is 2. The molecular weight excluding hydrogens is 276 g/mol. The molecule has 5 nitrogen and oxygen atoms in total. The van der Waals surface area contributed by atoms with Crippen LogP contribution in [-0.2, 0) is 4.79 Å². The van der Waals surface area contributed by atoms with Crippen LogP contribution in [-0.4, -0.2) is 17.9 Å². The molecule has 1 atom stereocenters. The van der Waals surface area contributed by atoms with Gasteiger partial charge in [0, 0.05) is 4.88 Å². The summed E-state index contributed by atoms with van der Waals surface area (Å²) in [6.07, 6.45) is 0. The molecule has 2 rings (SSSR count). The monoisotopic (exact) mass is 289 g/mol. The highest BCUT2D eigenvalue weighted by molar-refractivity contribution is 7.19. The zero-order valence-electron chi connectivity index (χ0n) is 10.8. The lowest BCUT2D eigenvalue weighted by atomic mass is 10.1. The molecule has 0 radical (unpaired) electrons. The third-order valence-electron chi connectivity index (χ3n) is 2.76. The fraction of sp³-hybridized carbons (Fsp3) is 0.143. The summed E-state index contributed by atoms with van der Waals surface area (Å²) in [6.45, 7) is 1.34. The predicted molar refractivity (Wildman–Crippen MR) is 76.1 cm³/mol. The Morgan fingerprint density at radius 1 is 1.30 bits per heavy atom. The number of hydrogen-bond acceptors (Lipinski definition) is 5. The van der Waals surface area contributed by atoms with Crippen molar-refractivity contribution in [3.8, 4) is 10.4 Å². The Kier molecular flexibility index (Phi) is 4.05. The van der Waals surface area contributed by atoms with E-state index in [1.807, 2.05) is 30.3 Å². The van der Waals surface area contributed by atoms with Crippen LogP contribution in [0.5, 0.6) is 0 Å². The van der Waals surface area contributed by atoms with Gasteiger partial charge in [0.05, 0.1) is 22.6 Å². The molecule has 1 aromatic carbocycles. The van der Waals surface area contributed by atoms with E-state index in [0.29, 0.717) is 5.00 Å². The maximum atomic E-state index is 11.9. The van der Waals surface area contributed by atoms with Crippen LogP contribution < -0.4 is 16.2 Å². The lowest BCUT2D eigenvalue weighted by Crippen LogP contribution is -2.45. The lowest BCUT2D eigenvalue weighted by molar-refractivity contribution is -0.307. The van der Waals surface area contributed by atoms with Crippen molar-refractivity contribution in [3.05, 3.63) is 42.0 Å². The van der Waals surface area contributed by atoms with Crippen molar-refractivity contribution in [1.29, 1.82) is 0 Å². The summed E-state index contributed by atoms with van der Waals surface area (Å²) in [6, 6.07) is 10.1. The van der Waals surface area contributed by atoms with Gasteiger partial charge in [-0.15, -0.1) is 11.3 Å². The maximum Gasteiger partial charge on any atom is 0.254 e. The molecule has 0 aliphatic carbocycles. The molecule has 0 fully saturated rings. The number of rotatable bonds is 4. The fourth-order valence-electron chi connectivity index (χ4n) is 1.66. The molecule has 104 valence electrons. The summed E-state index contributed by atoms with van der Waals surface area (Å²) < 4.78 is 0. The second kappa shape index (κ2) is 5.75. The van der Waals surface area contributed by atoms with Crippen LogP contribution in [0.25, 0.3) is 10.4 Å². The molecule has 1 heterocycles. The van der Waals surface area contributed by atoms with Crippen LogP contribution >= 0.6 is 11.3 Å². The van der Waals surface area contributed by atoms with Crippen molar-refractivity contribution in [2.75, 3.05) is 5.73 Å². The van der Waals surface area contributed by atoms with Crippen molar-refractivity contribution in [1.82, 2.24) is 5.32 Å². The van der Waals surface area contributed by atoms with Crippen molar-refractivity contribution in [2.45, 2.75) is 13.0 Å². The van der Waals surface area contributed by atoms with Crippen molar-refractivity contribution >= 4 is 28.2 Å². The standard InChI is InChI=1S/C14H14N2O3S/c1-8(14(18)19)16-13(17)10-7-11(20-12(10)15)9-5-3-2-4-6-9/h2-8H,15H2,1H3,(H,16,17)(H,18,19)/p-1. The third kappa shape index (κ3) is 2.97. The molecule has 2 aromatic rings. The zero-order valence-corrected chi connectivity index (χ0v) is 11.6. The van der Waals surface area contributed by atoms with E-state index in [2.05, 4.69) is 5.32 Å². The van der Waals surface area contributed by atoms with Gasteiger partial charge < -0.3 is 21.0 Å². The Hall–Kier alpha value is -2.34. The molecule has 3 N–H and O–H groups in total. The van der Waals surface area contributed by atoms with Crippen molar-refractivity contribution in [2.24, 2.45) is 0 Å². The second-order valence-corrected chi connectivity index (χ2v) is 5.35. The van der Waals surface area contributed by atoms with Crippen molar-refractivity contribution < 1.29 is 14.7 Å². The highest BCUT2D eigenvalue weighted by Gasteiger charge is 2.17. The summed E-state index contributed by atoms with van der Waals surface area (Å²) >= 11 is 1.29. The topological polar surface area (TPSA) is 95.2 Å². The van der Waals surface area contributed by atoms with Gasteiger partial charge in [0.2, 0.25) is 0 Å². The molecule has 0 aliphatic heterocycles. The molecule has 0 bridgehead atoms. The fourth-order valence-corrected chi connectivity index (χ4v) is 2.59. The number of amides is 1. The largest absolute Gasteiger partial charge is 0.548 e. The quantitative estimate of drug-likeness (QED) is 0.873. The van der Waals surface area contributed by atoms with Crippen LogP contribution in [0, 0.1) is 0 Å². The summed E-state index contributed by atoms with van der Waals surface area (Å²) in [7, 11) is 0. The number of carbonyl (C=O) groups excluding carboxylic acids is 2. The van der Waals surface area contributed by atoms with E-state index in [-0.39, 0.29) is 5.56 Å². The number of nitrogen functional groups attached to an aromatic ring is 1. The molecule has 20 heavy (non-hydrogen) atoms. The van der Waals surface area contributed by atoms with Gasteiger partial charge in [0.25, 0.3) is 5.91 Å². The number of anilines is 1. The SMILES string of the molecule is CC(NC(=O)c1cc(-c2ccccc2)sc1N)C(=O)[O-]. The van der Waals surface area contributed by atoms with Crippen LogP contribution in [0.3, 0.4) is 0 Å². The predicted octanol–water partition coefficient (Wildman–Crippen LogP) is 0.866. The van der Waals surface area contributed by atoms with Gasteiger partial charge in [-0.1, -0.05) is 30.3 Å². The van der Waals surface area contributed by atoms with E-state index < -0.39 is 17.9 Å². The van der Waals surface area contributed by atoms with E-state index in [4.69, 9.17) is 5.73 Å². The number of carbonyl (C=O) groups is 2. The Balaban J connectivity index is 2.24. The van der Waals surface area contributed by atoms with Crippen LogP contribution in [0.15, 0.2) is 36.4 Å². The Morgan fingerprint density at radius 3 is 2.55 bits per heavy atom. The molecular formula is C14H13N2O3S-. The minimum atomic E-state index is -1.34. The van der Waals surface area contributed by atoms with Gasteiger partial charge in [-0.05, 0) is 18.6 Å². The van der Waals surface area contributed by atoms with Gasteiger partial charge in [-0.25, -0.2) is 0 Å². The van der Waals surface area contributed by atoms with Crippen molar-refractivity contribution in [3.63, 3.8) is 0 Å². The number of benzene rings is 1. The molecule has 1 unspecified atom stereocenters. The van der Waals surface area contributed by atoms with Gasteiger partial charge >= 0.3 is 0 Å². The summed E-state index contributed by atoms with van der Waals surface area (Å²) in [5, 5.41) is 13.3. The molecule has 1 amide bonds. The number of carboxylic acid groups (broad SMARTS) is 1. The van der Waals surface area contributed by atoms with Gasteiger partial charge in [0.1, 0.15) is 0 Å². The number of aliphatic carboxylic acids is 1. The van der Waals surface area contributed by atoms with Crippen LogP contribution in [0.1, 0.15) is 17.3 Å². The lowest BCUT2D eigenvalue weighted by Gasteiger charge is -2.14. The Labute approximate surface area is 120 Å². The first-order valence-electron chi connectivity index (χ1n) is 5.95. The van der Waals surface area contributed by atoms with E-state index in [9.17, 15) is 14.7 Å². The van der Waals surface area contributed by atoms with Crippen LogP contribution in [0.2, 0.25) is 0 Å². The highest BCUT2D eigenvalue weighted by Crippen LogP contribution is 2.33. The van der Waals surface area contributed by atoms with Gasteiger partial charge in [-0.2, -0.15) is 0 Å². The second-order valence-electron chi connectivity index (χ2n) is 4.27. The number of thiophene rings is 1. The minimum absolute atomic E-state index is 0.280. The molecule has 0 aliphatic rings. The summed E-state index contributed by atoms with van der Waals surface area (Å²) in [5.41, 5.74) is 7.06. The number of nitrogens with two attached hydrogens (primary N) is 1. The van der Waals surface area contributed by atoms with E-state index >= 15 is 0 Å². The first kappa shape index (κ1) is 14.1. The Morgan fingerprint density at radius 2 is 1.95 bits per heavy atom. The highest BCUT2D eigenvalue weighted by atomic mass is 32.1. The third-order valence-corrected chi connectivity index (χ3v) is 3.78. The molecule has 1 aromatic heterocycles. The average Bonchev–Trinajstić information content (AvgIpc) is 2.81. The minimum Gasteiger partial charge on any atom is -0.548 e. The number of nitrogens with one attached hydrogen (secondary N) is 1. The van der Waals surface area contributed by atoms with E-state index in [0.717, 1.165) is 10.4 Å². The number of carboxylic acids is 1. The first-order valence-corrected chi connectivity index (χ1v) is 6.77. The van der Waals surface area contributed by atoms with E-state index in [1.54, 1.807) is 6.07 Å². The van der Waals surface area contributed by atoms with Gasteiger partial charge in [-0.3, -0.25) is 4.79 Å². The summed E-state index contributed by atoms with van der Waals surface area (Å²) in [4.78, 5) is 23.4. The zero-order chi connectivity index (χ0) is 14.7. The molecule has 6 heteroatoms.